The molecule has 0 bridgehead atoms. The van der Waals surface area contributed by atoms with Crippen LogP contribution >= 0.6 is 15.9 Å². The number of nitrogens with zero attached hydrogens (tertiary/aromatic N) is 1. The third-order valence-corrected chi connectivity index (χ3v) is 4.05. The molecule has 28 heavy (non-hydrogen) atoms. The molecule has 0 radical (unpaired) electrons. The minimum atomic E-state index is -0.600. The van der Waals surface area contributed by atoms with Gasteiger partial charge in [-0.1, -0.05) is 6.07 Å². The number of ether oxygens (including phenoxy) is 3. The maximum absolute atomic E-state index is 11.9. The zero-order chi connectivity index (χ0) is 20.4. The number of esters is 1. The predicted molar refractivity (Wildman–Crippen MR) is 108 cm³/mol. The fraction of sp³-hybridized carbons (Fsp3) is 0.350. The molecule has 0 fully saturated rings. The third-order valence-electron chi connectivity index (χ3n) is 3.62. The highest BCUT2D eigenvalue weighted by molar-refractivity contribution is 9.10. The largest absolute Gasteiger partial charge is 0.490 e. The van der Waals surface area contributed by atoms with E-state index in [0.717, 1.165) is 5.56 Å². The number of halogens is 1. The highest BCUT2D eigenvalue weighted by Crippen LogP contribution is 2.28. The second kappa shape index (κ2) is 11.3. The van der Waals surface area contributed by atoms with E-state index in [1.165, 1.54) is 6.20 Å². The first-order valence-electron chi connectivity index (χ1n) is 8.96. The van der Waals surface area contributed by atoms with Gasteiger partial charge in [0.25, 0.3) is 5.91 Å². The summed E-state index contributed by atoms with van der Waals surface area (Å²) in [5, 5.41) is 2.73. The third kappa shape index (κ3) is 6.84. The number of pyridine rings is 1. The molecule has 0 spiro atoms. The van der Waals surface area contributed by atoms with Gasteiger partial charge < -0.3 is 19.5 Å². The van der Waals surface area contributed by atoms with Gasteiger partial charge in [0, 0.05) is 23.4 Å². The number of carbonyl (C=O) groups is 2. The molecule has 7 nitrogen and oxygen atoms in total. The Hall–Kier alpha value is -2.61. The molecule has 0 aliphatic heterocycles. The van der Waals surface area contributed by atoms with Crippen molar-refractivity contribution >= 4 is 27.8 Å². The number of carbonyl (C=O) groups excluding carboxylic acids is 2. The molecule has 0 atom stereocenters. The molecule has 8 heteroatoms. The van der Waals surface area contributed by atoms with Crippen LogP contribution in [-0.4, -0.2) is 43.2 Å². The summed E-state index contributed by atoms with van der Waals surface area (Å²) in [7, 11) is 0. The van der Waals surface area contributed by atoms with Crippen LogP contribution in [-0.2, 0) is 16.0 Å². The predicted octanol–water partition coefficient (Wildman–Crippen LogP) is 3.16. The highest BCUT2D eigenvalue weighted by atomic mass is 79.9. The summed E-state index contributed by atoms with van der Waals surface area (Å²) in [6.07, 6.45) is 3.55. The van der Waals surface area contributed by atoms with Gasteiger partial charge in [0.15, 0.2) is 18.1 Å². The van der Waals surface area contributed by atoms with Crippen LogP contribution in [0.4, 0.5) is 0 Å². The minimum Gasteiger partial charge on any atom is -0.490 e. The van der Waals surface area contributed by atoms with Crippen LogP contribution in [0.3, 0.4) is 0 Å². The lowest BCUT2D eigenvalue weighted by molar-refractivity contribution is -0.124. The van der Waals surface area contributed by atoms with E-state index in [2.05, 4.69) is 26.2 Å². The number of amides is 1. The summed E-state index contributed by atoms with van der Waals surface area (Å²) in [6, 6.07) is 7.27. The number of nitrogens with one attached hydrogen (secondary N) is 1. The van der Waals surface area contributed by atoms with Crippen molar-refractivity contribution in [2.24, 2.45) is 0 Å². The molecule has 1 N–H and O–H groups in total. The first-order chi connectivity index (χ1) is 13.5. The Morgan fingerprint density at radius 2 is 1.82 bits per heavy atom. The van der Waals surface area contributed by atoms with Crippen molar-refractivity contribution < 1.29 is 23.8 Å². The van der Waals surface area contributed by atoms with Gasteiger partial charge in [-0.2, -0.15) is 0 Å². The number of hydrogen-bond acceptors (Lipinski definition) is 6. The van der Waals surface area contributed by atoms with Crippen LogP contribution in [0, 0.1) is 0 Å². The van der Waals surface area contributed by atoms with E-state index >= 15 is 0 Å². The highest BCUT2D eigenvalue weighted by Gasteiger charge is 2.11. The van der Waals surface area contributed by atoms with E-state index in [0.29, 0.717) is 42.2 Å². The standard InChI is InChI=1S/C20H23BrN2O5/c1-3-26-17-6-5-14(9-18(17)27-4-2)7-8-23-19(24)13-28-20(25)15-10-16(21)12-22-11-15/h5-6,9-12H,3-4,7-8,13H2,1-2H3,(H,23,24). The average Bonchev–Trinajstić information content (AvgIpc) is 2.68. The van der Waals surface area contributed by atoms with Gasteiger partial charge in [-0.05, 0) is 60.0 Å². The second-order valence-electron chi connectivity index (χ2n) is 5.72. The molecule has 2 rings (SSSR count). The smallest absolute Gasteiger partial charge is 0.340 e. The Bertz CT molecular complexity index is 813. The Morgan fingerprint density at radius 1 is 1.07 bits per heavy atom. The van der Waals surface area contributed by atoms with Crippen LogP contribution in [0.15, 0.2) is 41.1 Å². The quantitative estimate of drug-likeness (QED) is 0.559. The van der Waals surface area contributed by atoms with E-state index in [1.807, 2.05) is 32.0 Å². The maximum Gasteiger partial charge on any atom is 0.340 e. The summed E-state index contributed by atoms with van der Waals surface area (Å²) in [5.74, 6) is 0.417. The number of hydrogen-bond donors (Lipinski definition) is 1. The lowest BCUT2D eigenvalue weighted by Crippen LogP contribution is -2.30. The Labute approximate surface area is 172 Å². The van der Waals surface area contributed by atoms with Gasteiger partial charge in [0.1, 0.15) is 0 Å². The average molecular weight is 451 g/mol. The number of aromatic nitrogens is 1. The Morgan fingerprint density at radius 3 is 2.54 bits per heavy atom. The fourth-order valence-corrected chi connectivity index (χ4v) is 2.75. The van der Waals surface area contributed by atoms with Crippen LogP contribution < -0.4 is 14.8 Å². The monoisotopic (exact) mass is 450 g/mol. The SMILES string of the molecule is CCOc1ccc(CCNC(=O)COC(=O)c2cncc(Br)c2)cc1OCC. The molecule has 0 aliphatic carbocycles. The molecular formula is C20H23BrN2O5. The molecule has 0 unspecified atom stereocenters. The van der Waals surface area contributed by atoms with Gasteiger partial charge in [-0.25, -0.2) is 4.79 Å². The molecule has 2 aromatic rings. The van der Waals surface area contributed by atoms with Crippen molar-refractivity contribution in [2.75, 3.05) is 26.4 Å². The second-order valence-corrected chi connectivity index (χ2v) is 6.63. The molecule has 0 saturated heterocycles. The van der Waals surface area contributed by atoms with Crippen LogP contribution in [0.5, 0.6) is 11.5 Å². The molecule has 1 amide bonds. The molecule has 0 saturated carbocycles. The zero-order valence-electron chi connectivity index (χ0n) is 15.9. The van der Waals surface area contributed by atoms with Crippen molar-refractivity contribution in [2.45, 2.75) is 20.3 Å². The molecule has 1 heterocycles. The fourth-order valence-electron chi connectivity index (χ4n) is 2.39. The zero-order valence-corrected chi connectivity index (χ0v) is 17.5. The Balaban J connectivity index is 1.78. The van der Waals surface area contributed by atoms with Crippen molar-refractivity contribution in [3.05, 3.63) is 52.3 Å². The minimum absolute atomic E-state index is 0.278. The summed E-state index contributed by atoms with van der Waals surface area (Å²) in [4.78, 5) is 27.7. The maximum atomic E-state index is 11.9. The van der Waals surface area contributed by atoms with Crippen LogP contribution in [0.1, 0.15) is 29.8 Å². The van der Waals surface area contributed by atoms with Gasteiger partial charge >= 0.3 is 5.97 Å². The van der Waals surface area contributed by atoms with Crippen molar-refractivity contribution in [3.63, 3.8) is 0 Å². The van der Waals surface area contributed by atoms with E-state index in [1.54, 1.807) is 12.3 Å². The lowest BCUT2D eigenvalue weighted by Gasteiger charge is -2.12. The van der Waals surface area contributed by atoms with Crippen molar-refractivity contribution in [3.8, 4) is 11.5 Å². The summed E-state index contributed by atoms with van der Waals surface area (Å²) in [6.45, 7) is 4.99. The summed E-state index contributed by atoms with van der Waals surface area (Å²) >= 11 is 3.23. The number of rotatable bonds is 10. The summed E-state index contributed by atoms with van der Waals surface area (Å²) < 4.78 is 16.8. The number of benzene rings is 1. The molecular weight excluding hydrogens is 428 g/mol. The van der Waals surface area contributed by atoms with Gasteiger partial charge in [-0.15, -0.1) is 0 Å². The normalized spacial score (nSPS) is 10.2. The van der Waals surface area contributed by atoms with Crippen LogP contribution in [0.25, 0.3) is 0 Å². The van der Waals surface area contributed by atoms with Crippen molar-refractivity contribution in [1.82, 2.24) is 10.3 Å². The van der Waals surface area contributed by atoms with Gasteiger partial charge in [0.2, 0.25) is 0 Å². The van der Waals surface area contributed by atoms with Gasteiger partial charge in [-0.3, -0.25) is 9.78 Å². The summed E-state index contributed by atoms with van der Waals surface area (Å²) in [5.41, 5.74) is 1.28. The topological polar surface area (TPSA) is 86.8 Å². The first kappa shape index (κ1) is 21.7. The van der Waals surface area contributed by atoms with Crippen LogP contribution in [0.2, 0.25) is 0 Å². The molecule has 1 aromatic carbocycles. The van der Waals surface area contributed by atoms with E-state index in [9.17, 15) is 9.59 Å². The van der Waals surface area contributed by atoms with Crippen molar-refractivity contribution in [1.29, 1.82) is 0 Å². The van der Waals surface area contributed by atoms with Gasteiger partial charge in [0.05, 0.1) is 18.8 Å². The van der Waals surface area contributed by atoms with E-state index in [4.69, 9.17) is 14.2 Å². The molecule has 150 valence electrons. The molecule has 1 aromatic heterocycles. The van der Waals surface area contributed by atoms with E-state index < -0.39 is 5.97 Å². The first-order valence-corrected chi connectivity index (χ1v) is 9.75. The van der Waals surface area contributed by atoms with E-state index in [-0.39, 0.29) is 18.1 Å². The Kier molecular flexibility index (Phi) is 8.74. The lowest BCUT2D eigenvalue weighted by atomic mass is 10.1. The molecule has 0 aliphatic rings.